The Labute approximate surface area is 426 Å². The van der Waals surface area contributed by atoms with Gasteiger partial charge in [-0.2, -0.15) is 5.10 Å². The van der Waals surface area contributed by atoms with Gasteiger partial charge in [-0.15, -0.1) is 0 Å². The van der Waals surface area contributed by atoms with Crippen LogP contribution < -0.4 is 31.4 Å². The van der Waals surface area contributed by atoms with Crippen LogP contribution in [-0.4, -0.2) is 96.0 Å². The number of methoxy groups -OCH3 is 1. The lowest BCUT2D eigenvalue weighted by molar-refractivity contribution is -0.123. The molecule has 17 nitrogen and oxygen atoms in total. The number of aromatic nitrogens is 2. The molecular weight excluding hydrogens is 988 g/mol. The van der Waals surface area contributed by atoms with Crippen LogP contribution in [0.15, 0.2) is 123 Å². The van der Waals surface area contributed by atoms with E-state index in [0.717, 1.165) is 16.7 Å². The van der Waals surface area contributed by atoms with Gasteiger partial charge in [-0.25, -0.2) is 4.79 Å². The van der Waals surface area contributed by atoms with E-state index in [1.54, 1.807) is 61.5 Å². The molecule has 0 radical (unpaired) electrons. The Morgan fingerprint density at radius 3 is 2.28 bits per heavy atom. The number of aromatic amines is 1. The van der Waals surface area contributed by atoms with Crippen LogP contribution in [0.2, 0.25) is 10.0 Å². The summed E-state index contributed by atoms with van der Waals surface area (Å²) in [6, 6.07) is 28.6. The highest BCUT2D eigenvalue weighted by Gasteiger charge is 2.25. The van der Waals surface area contributed by atoms with E-state index >= 15 is 0 Å². The first-order chi connectivity index (χ1) is 34.7. The van der Waals surface area contributed by atoms with Crippen molar-refractivity contribution in [1.82, 2.24) is 26.1 Å². The number of phenols is 1. The van der Waals surface area contributed by atoms with Crippen molar-refractivity contribution in [1.29, 1.82) is 0 Å². The van der Waals surface area contributed by atoms with Crippen LogP contribution in [0, 0.1) is 6.92 Å². The molecule has 4 aromatic carbocycles. The Kier molecular flexibility index (Phi) is 16.2. The highest BCUT2D eigenvalue weighted by atomic mass is 35.5. The summed E-state index contributed by atoms with van der Waals surface area (Å²) in [5, 5.41) is 40.6. The second-order valence-electron chi connectivity index (χ2n) is 16.3. The number of aromatic hydroxyl groups is 1. The van der Waals surface area contributed by atoms with Gasteiger partial charge in [0.25, 0.3) is 5.91 Å². The number of carboxylic acid groups (broad SMARTS) is 1. The third-order valence-electron chi connectivity index (χ3n) is 11.2. The quantitative estimate of drug-likeness (QED) is 0.0215. The number of nitrogens with one attached hydrogen (secondary N) is 5. The first-order valence-electron chi connectivity index (χ1n) is 22.4. The number of ether oxygens (including phenoxy) is 3. The number of H-pyrrole nitrogens is 1. The van der Waals surface area contributed by atoms with Crippen molar-refractivity contribution in [2.75, 3.05) is 51.9 Å². The number of furan rings is 1. The molecule has 0 bridgehead atoms. The largest absolute Gasteiger partial charge is 0.508 e. The molecule has 8 rings (SSSR count). The summed E-state index contributed by atoms with van der Waals surface area (Å²) in [4.78, 5) is 52.0. The number of aryl methyl sites for hydroxylation is 1. The van der Waals surface area contributed by atoms with E-state index in [-0.39, 0.29) is 78.3 Å². The molecule has 72 heavy (non-hydrogen) atoms. The number of carboxylic acids is 1. The van der Waals surface area contributed by atoms with E-state index < -0.39 is 23.8 Å². The second-order valence-corrected chi connectivity index (χ2v) is 17.5. The fraction of sp³-hybridized carbons (Fsp3) is 0.192. The Morgan fingerprint density at radius 2 is 1.56 bits per heavy atom. The molecule has 6 aromatic rings. The van der Waals surface area contributed by atoms with E-state index in [1.807, 2.05) is 24.3 Å². The van der Waals surface area contributed by atoms with Gasteiger partial charge < -0.3 is 54.5 Å². The number of anilines is 1. The number of nitrogens with zero attached hydrogens (tertiary/aromatic N) is 1. The zero-order valence-electron chi connectivity index (χ0n) is 38.6. The van der Waals surface area contributed by atoms with Crippen LogP contribution in [0.5, 0.6) is 11.5 Å². The molecule has 2 aliphatic rings. The van der Waals surface area contributed by atoms with Crippen molar-refractivity contribution in [3.05, 3.63) is 152 Å². The summed E-state index contributed by atoms with van der Waals surface area (Å²) >= 11 is 18.3. The number of halogens is 2. The number of hydrogen-bond donors (Lipinski definition) is 7. The molecule has 370 valence electrons. The number of fused-ring (bicyclic) bond motifs is 2. The SMILES string of the molecule is COc1c(Cl)cc(-c2cccc(C[C@@H](NC(=O)c3cc(-c4ccc(C)o4)[nH]n3)C(=O)NCCOCCOCCNC(=S)Nc3ccc(-c4c5ccc(=O)cc-5oc5cc(O)ccc45)c(C(=O)O)c3)c2)cc1Cl. The van der Waals surface area contributed by atoms with E-state index in [2.05, 4.69) is 31.5 Å². The number of hydrogen-bond acceptors (Lipinski definition) is 12. The van der Waals surface area contributed by atoms with Crippen molar-refractivity contribution < 1.29 is 47.6 Å². The van der Waals surface area contributed by atoms with Crippen molar-refractivity contribution in [2.45, 2.75) is 19.4 Å². The summed E-state index contributed by atoms with van der Waals surface area (Å²) < 4.78 is 28.2. The molecule has 20 heteroatoms. The number of carbonyl (C=O) groups is 3. The van der Waals surface area contributed by atoms with Crippen molar-refractivity contribution in [2.24, 2.45) is 0 Å². The first kappa shape index (κ1) is 50.6. The van der Waals surface area contributed by atoms with Crippen LogP contribution in [-0.2, 0) is 20.7 Å². The summed E-state index contributed by atoms with van der Waals surface area (Å²) in [6.45, 7) is 3.17. The maximum Gasteiger partial charge on any atom is 0.336 e. The average molecular weight is 1030 g/mol. The number of thiocarbonyl (C=S) groups is 1. The maximum atomic E-state index is 13.7. The molecule has 0 spiro atoms. The topological polar surface area (TPSA) is 240 Å². The summed E-state index contributed by atoms with van der Waals surface area (Å²) in [7, 11) is 1.48. The number of rotatable bonds is 20. The van der Waals surface area contributed by atoms with Crippen molar-refractivity contribution >= 4 is 75.0 Å². The Hall–Kier alpha value is -7.74. The molecule has 3 heterocycles. The highest BCUT2D eigenvalue weighted by Crippen LogP contribution is 2.43. The average Bonchev–Trinajstić information content (AvgIpc) is 4.03. The van der Waals surface area contributed by atoms with Crippen molar-refractivity contribution in [3.63, 3.8) is 0 Å². The van der Waals surface area contributed by atoms with E-state index in [0.29, 0.717) is 67.3 Å². The van der Waals surface area contributed by atoms with Crippen molar-refractivity contribution in [3.8, 4) is 56.5 Å². The molecule has 1 atom stereocenters. The zero-order valence-corrected chi connectivity index (χ0v) is 40.9. The minimum Gasteiger partial charge on any atom is -0.508 e. The molecule has 2 amide bonds. The lowest BCUT2D eigenvalue weighted by Crippen LogP contribution is -2.48. The maximum absolute atomic E-state index is 13.7. The number of amides is 2. The number of aromatic carboxylic acids is 1. The van der Waals surface area contributed by atoms with E-state index in [4.69, 9.17) is 58.5 Å². The van der Waals surface area contributed by atoms with Gasteiger partial charge in [0.05, 0.1) is 49.1 Å². The summed E-state index contributed by atoms with van der Waals surface area (Å²) in [5.74, 6) is -0.437. The standard InChI is InChI=1S/C52H46Cl2N6O11S/c1-28-6-13-44(70-28)41-27-43(60-59-41)50(64)58-42(21-29-4-3-5-30(20-29)31-22-39(53)48(67-2)40(54)23-31)49(63)55-14-16-68-18-19-69-17-15-56-52(72)57-32-7-10-35(38(24-32)51(65)66)47-36-11-8-33(61)25-45(36)71-46-26-34(62)9-12-37(46)47/h3-13,20,22-27,42,61H,14-19,21H2,1-2H3,(H,55,63)(H,58,64)(H,59,60)(H,65,66)(H2,56,57,72)/t42-/m1/s1. The van der Waals surface area contributed by atoms with Crippen LogP contribution in [0.3, 0.4) is 0 Å². The Bertz CT molecular complexity index is 3310. The third-order valence-corrected chi connectivity index (χ3v) is 12.1. The molecule has 1 aliphatic heterocycles. The summed E-state index contributed by atoms with van der Waals surface area (Å²) in [6.07, 6.45) is 0.134. The highest BCUT2D eigenvalue weighted by molar-refractivity contribution is 7.80. The lowest BCUT2D eigenvalue weighted by Gasteiger charge is -2.19. The van der Waals surface area contributed by atoms with Crippen LogP contribution in [0.1, 0.15) is 32.2 Å². The monoisotopic (exact) mass is 1030 g/mol. The minimum atomic E-state index is -1.19. The molecule has 0 fully saturated rings. The first-order valence-corrected chi connectivity index (χ1v) is 23.5. The lowest BCUT2D eigenvalue weighted by atomic mass is 9.90. The van der Waals surface area contributed by atoms with Gasteiger partial charge in [0, 0.05) is 59.9 Å². The molecule has 0 unspecified atom stereocenters. The summed E-state index contributed by atoms with van der Waals surface area (Å²) in [5.41, 5.74) is 4.65. The van der Waals surface area contributed by atoms with Crippen LogP contribution in [0.25, 0.3) is 56.0 Å². The predicted molar refractivity (Wildman–Crippen MR) is 276 cm³/mol. The Balaban J connectivity index is 0.808. The smallest absolute Gasteiger partial charge is 0.336 e. The van der Waals surface area contributed by atoms with Gasteiger partial charge >= 0.3 is 5.97 Å². The van der Waals surface area contributed by atoms with Gasteiger partial charge in [-0.1, -0.05) is 53.5 Å². The van der Waals surface area contributed by atoms with Crippen LogP contribution in [0.4, 0.5) is 5.69 Å². The molecule has 7 N–H and O–H groups in total. The van der Waals surface area contributed by atoms with Gasteiger partial charge in [0.2, 0.25) is 5.91 Å². The normalized spacial score (nSPS) is 11.6. The molecule has 2 aromatic heterocycles. The van der Waals surface area contributed by atoms with Gasteiger partial charge in [0.15, 0.2) is 27.7 Å². The Morgan fingerprint density at radius 1 is 0.806 bits per heavy atom. The number of phenolic OH excluding ortho intramolecular Hbond substituents is 1. The molecule has 0 saturated carbocycles. The fourth-order valence-electron chi connectivity index (χ4n) is 7.89. The number of benzene rings is 5. The van der Waals surface area contributed by atoms with E-state index in [1.165, 1.54) is 37.4 Å². The number of carbonyl (C=O) groups excluding carboxylic acids is 2. The van der Waals surface area contributed by atoms with Crippen LogP contribution >= 0.6 is 35.4 Å². The minimum absolute atomic E-state index is 0.0316. The zero-order chi connectivity index (χ0) is 50.9. The van der Waals surface area contributed by atoms with Gasteiger partial charge in [-0.3, -0.25) is 19.5 Å². The third kappa shape index (κ3) is 12.2. The predicted octanol–water partition coefficient (Wildman–Crippen LogP) is 8.72. The molecule has 0 saturated heterocycles. The molecular formula is C52H46Cl2N6O11S. The second kappa shape index (κ2) is 23.0. The van der Waals surface area contributed by atoms with E-state index in [9.17, 15) is 29.4 Å². The fourth-order valence-corrected chi connectivity index (χ4v) is 8.75. The van der Waals surface area contributed by atoms with Gasteiger partial charge in [-0.05, 0) is 102 Å². The van der Waals surface area contributed by atoms with Gasteiger partial charge in [0.1, 0.15) is 34.6 Å². The molecule has 1 aliphatic carbocycles.